The molecule has 5 nitrogen and oxygen atoms in total. The van der Waals surface area contributed by atoms with Crippen molar-refractivity contribution in [2.75, 3.05) is 0 Å². The summed E-state index contributed by atoms with van der Waals surface area (Å²) in [5.41, 5.74) is 0. The van der Waals surface area contributed by atoms with Crippen LogP contribution in [0.4, 0.5) is 0 Å². The van der Waals surface area contributed by atoms with Crippen molar-refractivity contribution in [2.24, 2.45) is 0 Å². The standard InChI is InChI=1S/C9H14N4O/c14-9(5-13-7-10-6-11-13)12-8-3-1-2-4-8/h6-8H,1-5H2,(H,12,14). The second-order valence-electron chi connectivity index (χ2n) is 3.64. The molecule has 0 bridgehead atoms. The van der Waals surface area contributed by atoms with Crippen LogP contribution in [-0.4, -0.2) is 26.7 Å². The molecule has 0 spiro atoms. The fourth-order valence-corrected chi connectivity index (χ4v) is 1.80. The third-order valence-electron chi connectivity index (χ3n) is 2.49. The largest absolute Gasteiger partial charge is 0.352 e. The van der Waals surface area contributed by atoms with E-state index in [1.807, 2.05) is 0 Å². The van der Waals surface area contributed by atoms with E-state index in [2.05, 4.69) is 15.4 Å². The van der Waals surface area contributed by atoms with E-state index < -0.39 is 0 Å². The van der Waals surface area contributed by atoms with E-state index in [0.717, 1.165) is 12.8 Å². The van der Waals surface area contributed by atoms with Gasteiger partial charge in [0.05, 0.1) is 0 Å². The number of aromatic nitrogens is 3. The Morgan fingerprint density at radius 2 is 2.29 bits per heavy atom. The number of nitrogens with one attached hydrogen (secondary N) is 1. The summed E-state index contributed by atoms with van der Waals surface area (Å²) >= 11 is 0. The summed E-state index contributed by atoms with van der Waals surface area (Å²) in [5, 5.41) is 6.87. The lowest BCUT2D eigenvalue weighted by molar-refractivity contribution is -0.122. The van der Waals surface area contributed by atoms with Gasteiger partial charge in [-0.05, 0) is 12.8 Å². The lowest BCUT2D eigenvalue weighted by atomic mass is 10.2. The number of carbonyl (C=O) groups is 1. The third-order valence-corrected chi connectivity index (χ3v) is 2.49. The highest BCUT2D eigenvalue weighted by atomic mass is 16.2. The average molecular weight is 194 g/mol. The van der Waals surface area contributed by atoms with E-state index >= 15 is 0 Å². The Morgan fingerprint density at radius 1 is 1.50 bits per heavy atom. The summed E-state index contributed by atoms with van der Waals surface area (Å²) in [5.74, 6) is 0.0300. The lowest BCUT2D eigenvalue weighted by Gasteiger charge is -2.11. The second kappa shape index (κ2) is 4.21. The number of hydrogen-bond acceptors (Lipinski definition) is 3. The molecule has 76 valence electrons. The fraction of sp³-hybridized carbons (Fsp3) is 0.667. The number of amides is 1. The van der Waals surface area contributed by atoms with Crippen molar-refractivity contribution >= 4 is 5.91 Å². The molecule has 0 aliphatic heterocycles. The smallest absolute Gasteiger partial charge is 0.242 e. The molecule has 14 heavy (non-hydrogen) atoms. The van der Waals surface area contributed by atoms with Gasteiger partial charge in [-0.1, -0.05) is 12.8 Å². The first-order chi connectivity index (χ1) is 6.84. The topological polar surface area (TPSA) is 59.8 Å². The third kappa shape index (κ3) is 2.31. The molecule has 0 aromatic carbocycles. The van der Waals surface area contributed by atoms with E-state index in [1.54, 1.807) is 6.33 Å². The van der Waals surface area contributed by atoms with Crippen molar-refractivity contribution in [3.8, 4) is 0 Å². The Labute approximate surface area is 82.5 Å². The Balaban J connectivity index is 1.78. The first-order valence-electron chi connectivity index (χ1n) is 4.96. The summed E-state index contributed by atoms with van der Waals surface area (Å²) in [4.78, 5) is 15.2. The average Bonchev–Trinajstić information content (AvgIpc) is 2.76. The molecule has 1 aromatic heterocycles. The van der Waals surface area contributed by atoms with Crippen LogP contribution in [0.3, 0.4) is 0 Å². The van der Waals surface area contributed by atoms with E-state index in [1.165, 1.54) is 23.9 Å². The maximum absolute atomic E-state index is 11.5. The maximum atomic E-state index is 11.5. The minimum absolute atomic E-state index is 0.0300. The minimum atomic E-state index is 0.0300. The molecule has 1 amide bonds. The van der Waals surface area contributed by atoms with Crippen molar-refractivity contribution in [3.63, 3.8) is 0 Å². The molecule has 1 fully saturated rings. The van der Waals surface area contributed by atoms with E-state index in [4.69, 9.17) is 0 Å². The molecule has 0 saturated heterocycles. The van der Waals surface area contributed by atoms with Gasteiger partial charge in [0, 0.05) is 6.04 Å². The molecule has 1 aliphatic carbocycles. The summed E-state index contributed by atoms with van der Waals surface area (Å²) in [6.45, 7) is 0.274. The van der Waals surface area contributed by atoms with Crippen molar-refractivity contribution in [1.29, 1.82) is 0 Å². The van der Waals surface area contributed by atoms with Gasteiger partial charge >= 0.3 is 0 Å². The Bertz CT molecular complexity index is 290. The number of nitrogens with zero attached hydrogens (tertiary/aromatic N) is 3. The Hall–Kier alpha value is -1.39. The van der Waals surface area contributed by atoms with Crippen molar-refractivity contribution in [2.45, 2.75) is 38.3 Å². The van der Waals surface area contributed by atoms with Crippen LogP contribution in [0.25, 0.3) is 0 Å². The first kappa shape index (κ1) is 9.18. The van der Waals surface area contributed by atoms with Crippen LogP contribution in [-0.2, 0) is 11.3 Å². The number of rotatable bonds is 3. The normalized spacial score (nSPS) is 17.1. The number of hydrogen-bond donors (Lipinski definition) is 1. The van der Waals surface area contributed by atoms with Crippen molar-refractivity contribution in [1.82, 2.24) is 20.1 Å². The first-order valence-corrected chi connectivity index (χ1v) is 4.96. The molecule has 5 heteroatoms. The molecule has 1 aromatic rings. The second-order valence-corrected chi connectivity index (χ2v) is 3.64. The van der Waals surface area contributed by atoms with Gasteiger partial charge in [0.15, 0.2) is 0 Å². The van der Waals surface area contributed by atoms with E-state index in [9.17, 15) is 4.79 Å². The van der Waals surface area contributed by atoms with Crippen LogP contribution in [0.5, 0.6) is 0 Å². The van der Waals surface area contributed by atoms with Gasteiger partial charge in [0.25, 0.3) is 0 Å². The van der Waals surface area contributed by atoms with Gasteiger partial charge in [-0.2, -0.15) is 5.10 Å². The summed E-state index contributed by atoms with van der Waals surface area (Å²) in [6.07, 6.45) is 7.67. The SMILES string of the molecule is O=C(Cn1cncn1)NC1CCCC1. The minimum Gasteiger partial charge on any atom is -0.352 e. The van der Waals surface area contributed by atoms with Gasteiger partial charge in [0.2, 0.25) is 5.91 Å². The van der Waals surface area contributed by atoms with Gasteiger partial charge < -0.3 is 5.32 Å². The van der Waals surface area contributed by atoms with Crippen LogP contribution in [0.2, 0.25) is 0 Å². The van der Waals surface area contributed by atoms with Crippen LogP contribution in [0, 0.1) is 0 Å². The summed E-state index contributed by atoms with van der Waals surface area (Å²) in [7, 11) is 0. The summed E-state index contributed by atoms with van der Waals surface area (Å²) < 4.78 is 1.53. The van der Waals surface area contributed by atoms with Crippen LogP contribution in [0.15, 0.2) is 12.7 Å². The van der Waals surface area contributed by atoms with Crippen LogP contribution in [0.1, 0.15) is 25.7 Å². The predicted molar refractivity (Wildman–Crippen MR) is 50.4 cm³/mol. The van der Waals surface area contributed by atoms with Gasteiger partial charge in [0.1, 0.15) is 19.2 Å². The van der Waals surface area contributed by atoms with E-state index in [0.29, 0.717) is 6.04 Å². The zero-order chi connectivity index (χ0) is 9.80. The molecule has 1 aliphatic rings. The predicted octanol–water partition coefficient (Wildman–Crippen LogP) is 0.337. The zero-order valence-electron chi connectivity index (χ0n) is 8.02. The highest BCUT2D eigenvalue weighted by molar-refractivity contribution is 5.75. The zero-order valence-corrected chi connectivity index (χ0v) is 8.02. The van der Waals surface area contributed by atoms with Crippen LogP contribution < -0.4 is 5.32 Å². The monoisotopic (exact) mass is 194 g/mol. The van der Waals surface area contributed by atoms with Gasteiger partial charge in [-0.25, -0.2) is 9.67 Å². The highest BCUT2D eigenvalue weighted by Gasteiger charge is 2.16. The highest BCUT2D eigenvalue weighted by Crippen LogP contribution is 2.17. The molecule has 1 N–H and O–H groups in total. The van der Waals surface area contributed by atoms with Crippen molar-refractivity contribution < 1.29 is 4.79 Å². The summed E-state index contributed by atoms with van der Waals surface area (Å²) in [6, 6.07) is 0.381. The van der Waals surface area contributed by atoms with Crippen molar-refractivity contribution in [3.05, 3.63) is 12.7 Å². The molecule has 0 radical (unpaired) electrons. The molecule has 1 saturated carbocycles. The van der Waals surface area contributed by atoms with Gasteiger partial charge in [-0.3, -0.25) is 4.79 Å². The molecular formula is C9H14N4O. The Kier molecular flexibility index (Phi) is 2.76. The van der Waals surface area contributed by atoms with Crippen LogP contribution >= 0.6 is 0 Å². The lowest BCUT2D eigenvalue weighted by Crippen LogP contribution is -2.35. The van der Waals surface area contributed by atoms with E-state index in [-0.39, 0.29) is 12.5 Å². The fourth-order valence-electron chi connectivity index (χ4n) is 1.80. The van der Waals surface area contributed by atoms with Gasteiger partial charge in [-0.15, -0.1) is 0 Å². The molecule has 0 atom stereocenters. The number of carbonyl (C=O) groups excluding carboxylic acids is 1. The molecule has 2 rings (SSSR count). The maximum Gasteiger partial charge on any atom is 0.242 e. The Morgan fingerprint density at radius 3 is 2.93 bits per heavy atom. The molecule has 0 unspecified atom stereocenters. The molecular weight excluding hydrogens is 180 g/mol. The quantitative estimate of drug-likeness (QED) is 0.754. The molecule has 1 heterocycles.